The number of aliphatic hydroxyl groups is 2. The van der Waals surface area contributed by atoms with Gasteiger partial charge in [-0.15, -0.1) is 0 Å². The second kappa shape index (κ2) is 4.55. The molecule has 0 aromatic rings. The van der Waals surface area contributed by atoms with Crippen LogP contribution in [0.15, 0.2) is 12.2 Å². The average Bonchev–Trinajstić information content (AvgIpc) is 2.42. The number of ether oxygens (including phenoxy) is 1. The van der Waals surface area contributed by atoms with Gasteiger partial charge in [0.25, 0.3) is 0 Å². The molecule has 0 bridgehead atoms. The molecular formula is C10H14O5. The molecule has 84 valence electrons. The second-order valence-corrected chi connectivity index (χ2v) is 3.74. The summed E-state index contributed by atoms with van der Waals surface area (Å²) in [6.45, 7) is 4.83. The first-order chi connectivity index (χ1) is 6.93. The van der Waals surface area contributed by atoms with Crippen LogP contribution in [0, 0.1) is 5.92 Å². The maximum Gasteiger partial charge on any atom is 0.333 e. The normalized spacial score (nSPS) is 30.3. The topological polar surface area (TPSA) is 83.8 Å². The first kappa shape index (κ1) is 11.9. The molecule has 0 radical (unpaired) electrons. The zero-order chi connectivity index (χ0) is 11.6. The van der Waals surface area contributed by atoms with E-state index >= 15 is 0 Å². The molecule has 3 atom stereocenters. The maximum absolute atomic E-state index is 11.0. The Balaban J connectivity index is 2.44. The molecule has 3 unspecified atom stereocenters. The molecule has 5 nitrogen and oxygen atoms in total. The standard InChI is InChI=1S/C10H14O5/c1-5(2)10(14)15-4-6-3-7(11)9(13)8(6)12/h6-8,11-12H,1,3-4H2,2H3. The van der Waals surface area contributed by atoms with Crippen molar-refractivity contribution < 1.29 is 24.5 Å². The van der Waals surface area contributed by atoms with Crippen LogP contribution in [-0.4, -0.2) is 40.8 Å². The van der Waals surface area contributed by atoms with Crippen molar-refractivity contribution in [3.05, 3.63) is 12.2 Å². The molecule has 1 saturated carbocycles. The van der Waals surface area contributed by atoms with E-state index in [-0.39, 0.29) is 18.6 Å². The minimum atomic E-state index is -1.24. The Morgan fingerprint density at radius 1 is 1.60 bits per heavy atom. The largest absolute Gasteiger partial charge is 0.462 e. The number of Topliss-reactive ketones (excluding diaryl/α,β-unsaturated/α-hetero) is 1. The molecule has 1 aliphatic rings. The third-order valence-corrected chi connectivity index (χ3v) is 2.37. The minimum absolute atomic E-state index is 0.0737. The zero-order valence-electron chi connectivity index (χ0n) is 8.47. The second-order valence-electron chi connectivity index (χ2n) is 3.74. The first-order valence-corrected chi connectivity index (χ1v) is 4.66. The van der Waals surface area contributed by atoms with Crippen molar-refractivity contribution in [2.24, 2.45) is 5.92 Å². The number of ketones is 1. The summed E-state index contributed by atoms with van der Waals surface area (Å²) in [6.07, 6.45) is -2.25. The van der Waals surface area contributed by atoms with E-state index in [1.54, 1.807) is 0 Å². The highest BCUT2D eigenvalue weighted by molar-refractivity contribution is 5.90. The van der Waals surface area contributed by atoms with Crippen molar-refractivity contribution in [2.75, 3.05) is 6.61 Å². The molecule has 0 heterocycles. The number of hydrogen-bond acceptors (Lipinski definition) is 5. The molecule has 0 aromatic carbocycles. The van der Waals surface area contributed by atoms with Crippen LogP contribution >= 0.6 is 0 Å². The summed E-state index contributed by atoms with van der Waals surface area (Å²) >= 11 is 0. The fourth-order valence-electron chi connectivity index (χ4n) is 1.43. The molecule has 0 saturated heterocycles. The van der Waals surface area contributed by atoms with Crippen molar-refractivity contribution in [3.8, 4) is 0 Å². The molecule has 0 aromatic heterocycles. The average molecular weight is 214 g/mol. The van der Waals surface area contributed by atoms with Gasteiger partial charge in [0.2, 0.25) is 0 Å². The highest BCUT2D eigenvalue weighted by Crippen LogP contribution is 2.23. The SMILES string of the molecule is C=C(C)C(=O)OCC1CC(O)C(=O)C1O. The molecule has 1 fully saturated rings. The molecular weight excluding hydrogens is 200 g/mol. The molecule has 15 heavy (non-hydrogen) atoms. The number of rotatable bonds is 3. The third kappa shape index (κ3) is 2.64. The van der Waals surface area contributed by atoms with Gasteiger partial charge < -0.3 is 14.9 Å². The van der Waals surface area contributed by atoms with Crippen LogP contribution < -0.4 is 0 Å². The van der Waals surface area contributed by atoms with Gasteiger partial charge in [-0.25, -0.2) is 4.79 Å². The molecule has 5 heteroatoms. The van der Waals surface area contributed by atoms with Crippen LogP contribution in [0.1, 0.15) is 13.3 Å². The predicted molar refractivity (Wildman–Crippen MR) is 50.9 cm³/mol. The Morgan fingerprint density at radius 3 is 2.60 bits per heavy atom. The number of aliphatic hydroxyl groups excluding tert-OH is 2. The van der Waals surface area contributed by atoms with E-state index in [2.05, 4.69) is 6.58 Å². The predicted octanol–water partition coefficient (Wildman–Crippen LogP) is -0.584. The molecule has 0 amide bonds. The maximum atomic E-state index is 11.0. The van der Waals surface area contributed by atoms with Crippen molar-refractivity contribution in [3.63, 3.8) is 0 Å². The van der Waals surface area contributed by atoms with Gasteiger partial charge in [-0.05, 0) is 13.3 Å². The fraction of sp³-hybridized carbons (Fsp3) is 0.600. The van der Waals surface area contributed by atoms with Crippen LogP contribution in [0.25, 0.3) is 0 Å². The Bertz CT molecular complexity index is 296. The zero-order valence-corrected chi connectivity index (χ0v) is 8.47. The summed E-state index contributed by atoms with van der Waals surface area (Å²) in [7, 11) is 0. The van der Waals surface area contributed by atoms with E-state index in [9.17, 15) is 14.7 Å². The smallest absolute Gasteiger partial charge is 0.333 e. The van der Waals surface area contributed by atoms with Gasteiger partial charge in [-0.1, -0.05) is 6.58 Å². The van der Waals surface area contributed by atoms with Crippen molar-refractivity contribution >= 4 is 11.8 Å². The van der Waals surface area contributed by atoms with Crippen LogP contribution in [-0.2, 0) is 14.3 Å². The molecule has 0 spiro atoms. The van der Waals surface area contributed by atoms with Gasteiger partial charge in [0, 0.05) is 11.5 Å². The first-order valence-electron chi connectivity index (χ1n) is 4.66. The van der Waals surface area contributed by atoms with Gasteiger partial charge in [-0.3, -0.25) is 4.79 Å². The van der Waals surface area contributed by atoms with E-state index in [0.717, 1.165) is 0 Å². The molecule has 0 aliphatic heterocycles. The lowest BCUT2D eigenvalue weighted by Crippen LogP contribution is -2.27. The van der Waals surface area contributed by atoms with Crippen molar-refractivity contribution in [2.45, 2.75) is 25.6 Å². The Labute approximate surface area is 87.4 Å². The quantitative estimate of drug-likeness (QED) is 0.485. The highest BCUT2D eigenvalue weighted by Gasteiger charge is 2.40. The Hall–Kier alpha value is -1.20. The molecule has 1 aliphatic carbocycles. The van der Waals surface area contributed by atoms with E-state index in [1.165, 1.54) is 6.92 Å². The molecule has 1 rings (SSSR count). The Kier molecular flexibility index (Phi) is 3.60. The van der Waals surface area contributed by atoms with Gasteiger partial charge in [0.1, 0.15) is 12.2 Å². The van der Waals surface area contributed by atoms with E-state index in [4.69, 9.17) is 9.84 Å². The fourth-order valence-corrected chi connectivity index (χ4v) is 1.43. The number of esters is 1. The molecule has 2 N–H and O–H groups in total. The lowest BCUT2D eigenvalue weighted by Gasteiger charge is -2.12. The number of hydrogen-bond donors (Lipinski definition) is 2. The minimum Gasteiger partial charge on any atom is -0.462 e. The van der Waals surface area contributed by atoms with E-state index < -0.39 is 29.9 Å². The summed E-state index contributed by atoms with van der Waals surface area (Å²) in [5.41, 5.74) is 0.259. The lowest BCUT2D eigenvalue weighted by atomic mass is 10.1. The number of carbonyl (C=O) groups is 2. The Morgan fingerprint density at radius 2 is 2.20 bits per heavy atom. The van der Waals surface area contributed by atoms with Crippen LogP contribution in [0.4, 0.5) is 0 Å². The highest BCUT2D eigenvalue weighted by atomic mass is 16.5. The van der Waals surface area contributed by atoms with Crippen LogP contribution in [0.3, 0.4) is 0 Å². The lowest BCUT2D eigenvalue weighted by molar-refractivity contribution is -0.142. The summed E-state index contributed by atoms with van der Waals surface area (Å²) in [4.78, 5) is 22.1. The van der Waals surface area contributed by atoms with E-state index in [0.29, 0.717) is 0 Å². The van der Waals surface area contributed by atoms with Crippen molar-refractivity contribution in [1.29, 1.82) is 0 Å². The van der Waals surface area contributed by atoms with Crippen LogP contribution in [0.2, 0.25) is 0 Å². The summed E-state index contributed by atoms with van der Waals surface area (Å²) in [5, 5.41) is 18.5. The van der Waals surface area contributed by atoms with Gasteiger partial charge >= 0.3 is 5.97 Å². The van der Waals surface area contributed by atoms with E-state index in [1.807, 2.05) is 0 Å². The number of carbonyl (C=O) groups excluding carboxylic acids is 2. The summed E-state index contributed by atoms with van der Waals surface area (Å²) < 4.78 is 4.79. The summed E-state index contributed by atoms with van der Waals surface area (Å²) in [6, 6.07) is 0. The van der Waals surface area contributed by atoms with Gasteiger partial charge in [0.05, 0.1) is 6.61 Å². The van der Waals surface area contributed by atoms with Gasteiger partial charge in [0.15, 0.2) is 5.78 Å². The monoisotopic (exact) mass is 214 g/mol. The van der Waals surface area contributed by atoms with Gasteiger partial charge in [-0.2, -0.15) is 0 Å². The summed E-state index contributed by atoms with van der Waals surface area (Å²) in [5.74, 6) is -1.68. The van der Waals surface area contributed by atoms with Crippen molar-refractivity contribution in [1.82, 2.24) is 0 Å². The third-order valence-electron chi connectivity index (χ3n) is 2.37. The van der Waals surface area contributed by atoms with Crippen LogP contribution in [0.5, 0.6) is 0 Å².